The van der Waals surface area contributed by atoms with Crippen LogP contribution in [-0.4, -0.2) is 15.0 Å². The average Bonchev–Trinajstić information content (AvgIpc) is 3.14. The Kier molecular flexibility index (Phi) is 3.82. The van der Waals surface area contributed by atoms with Gasteiger partial charge in [0.25, 0.3) is 0 Å². The van der Waals surface area contributed by atoms with E-state index in [-0.39, 0.29) is 10.3 Å². The van der Waals surface area contributed by atoms with Gasteiger partial charge < -0.3 is 5.73 Å². The number of halogens is 1. The maximum Gasteiger partial charge on any atom is 0.240 e. The Bertz CT molecular complexity index is 572. The Morgan fingerprint density at radius 1 is 1.42 bits per heavy atom. The molecule has 1 fully saturated rings. The van der Waals surface area contributed by atoms with Crippen LogP contribution in [-0.2, 0) is 10.0 Å². The lowest BCUT2D eigenvalue weighted by Gasteiger charge is -2.14. The van der Waals surface area contributed by atoms with Crippen LogP contribution in [0.5, 0.6) is 0 Å². The Balaban J connectivity index is 2.20. The van der Waals surface area contributed by atoms with E-state index in [1.54, 1.807) is 13.0 Å². The molecule has 0 amide bonds. The lowest BCUT2D eigenvalue weighted by molar-refractivity contribution is 0.475. The fourth-order valence-electron chi connectivity index (χ4n) is 2.08. The van der Waals surface area contributed by atoms with Crippen LogP contribution in [0.1, 0.15) is 31.7 Å². The molecule has 1 aromatic rings. The number of anilines is 1. The topological polar surface area (TPSA) is 72.2 Å². The molecule has 1 saturated carbocycles. The third-order valence-corrected chi connectivity index (χ3v) is 5.81. The number of nitrogens with one attached hydrogen (secondary N) is 1. The van der Waals surface area contributed by atoms with Crippen LogP contribution in [0.3, 0.4) is 0 Å². The summed E-state index contributed by atoms with van der Waals surface area (Å²) in [6.07, 6.45) is 3.18. The Hall–Kier alpha value is -0.780. The molecule has 0 spiro atoms. The number of nitrogen functional groups attached to an aromatic ring is 1. The summed E-state index contributed by atoms with van der Waals surface area (Å²) in [6.45, 7) is 4.32. The molecule has 4 nitrogen and oxygen atoms in total. The van der Waals surface area contributed by atoms with Gasteiger partial charge in [0, 0.05) is 6.54 Å². The van der Waals surface area contributed by atoms with Crippen LogP contribution in [0.15, 0.2) is 17.0 Å². The van der Waals surface area contributed by atoms with Gasteiger partial charge in [0.15, 0.2) is 0 Å². The number of nitrogens with two attached hydrogens (primary N) is 1. The summed E-state index contributed by atoms with van der Waals surface area (Å²) >= 11 is 5.94. The van der Waals surface area contributed by atoms with E-state index in [1.807, 2.05) is 0 Å². The Morgan fingerprint density at radius 2 is 2.05 bits per heavy atom. The van der Waals surface area contributed by atoms with E-state index in [2.05, 4.69) is 11.6 Å². The first-order valence-corrected chi connectivity index (χ1v) is 8.21. The summed E-state index contributed by atoms with van der Waals surface area (Å²) in [5.74, 6) is 0. The second kappa shape index (κ2) is 4.96. The number of sulfonamides is 1. The first-order valence-electron chi connectivity index (χ1n) is 6.35. The number of benzene rings is 1. The van der Waals surface area contributed by atoms with Gasteiger partial charge in [-0.25, -0.2) is 13.1 Å². The molecule has 0 atom stereocenters. The molecule has 19 heavy (non-hydrogen) atoms. The highest BCUT2D eigenvalue weighted by Crippen LogP contribution is 2.48. The quantitative estimate of drug-likeness (QED) is 0.821. The minimum absolute atomic E-state index is 0.167. The van der Waals surface area contributed by atoms with Crippen LogP contribution in [0.2, 0.25) is 5.02 Å². The molecular weight excluding hydrogens is 284 g/mol. The van der Waals surface area contributed by atoms with Gasteiger partial charge in [0.2, 0.25) is 10.0 Å². The summed E-state index contributed by atoms with van der Waals surface area (Å²) in [5.41, 5.74) is 6.84. The first-order chi connectivity index (χ1) is 8.80. The van der Waals surface area contributed by atoms with E-state index < -0.39 is 10.0 Å². The van der Waals surface area contributed by atoms with Gasteiger partial charge in [-0.2, -0.15) is 0 Å². The van der Waals surface area contributed by atoms with Crippen LogP contribution >= 0.6 is 11.6 Å². The molecule has 0 saturated heterocycles. The lowest BCUT2D eigenvalue weighted by Crippen LogP contribution is -2.30. The van der Waals surface area contributed by atoms with Crippen molar-refractivity contribution in [2.75, 3.05) is 12.3 Å². The van der Waals surface area contributed by atoms with Gasteiger partial charge in [0.05, 0.1) is 15.6 Å². The Labute approximate surface area is 119 Å². The van der Waals surface area contributed by atoms with E-state index in [1.165, 1.54) is 6.07 Å². The number of aryl methyl sites for hydroxylation is 1. The molecule has 6 heteroatoms. The van der Waals surface area contributed by atoms with Crippen molar-refractivity contribution >= 4 is 27.3 Å². The van der Waals surface area contributed by atoms with Crippen molar-refractivity contribution < 1.29 is 8.42 Å². The molecule has 0 aromatic heterocycles. The van der Waals surface area contributed by atoms with Crippen molar-refractivity contribution in [1.29, 1.82) is 0 Å². The van der Waals surface area contributed by atoms with Crippen molar-refractivity contribution in [2.45, 2.75) is 38.0 Å². The second-order valence-electron chi connectivity index (χ2n) is 5.32. The highest BCUT2D eigenvalue weighted by molar-refractivity contribution is 7.89. The lowest BCUT2D eigenvalue weighted by atomic mass is 10.1. The van der Waals surface area contributed by atoms with Crippen LogP contribution in [0.4, 0.5) is 5.69 Å². The minimum Gasteiger partial charge on any atom is -0.397 e. The summed E-state index contributed by atoms with van der Waals surface area (Å²) in [5, 5.41) is 0.408. The van der Waals surface area contributed by atoms with Crippen LogP contribution < -0.4 is 10.5 Å². The van der Waals surface area contributed by atoms with E-state index in [0.717, 1.165) is 19.3 Å². The molecular formula is C13H19ClN2O2S. The highest BCUT2D eigenvalue weighted by Gasteiger charge is 2.41. The van der Waals surface area contributed by atoms with Crippen molar-refractivity contribution in [3.05, 3.63) is 22.7 Å². The second-order valence-corrected chi connectivity index (χ2v) is 7.47. The van der Waals surface area contributed by atoms with Crippen molar-refractivity contribution in [3.63, 3.8) is 0 Å². The summed E-state index contributed by atoms with van der Waals surface area (Å²) in [4.78, 5) is 0.179. The fraction of sp³-hybridized carbons (Fsp3) is 0.538. The zero-order valence-electron chi connectivity index (χ0n) is 11.2. The van der Waals surface area contributed by atoms with E-state index >= 15 is 0 Å². The van der Waals surface area contributed by atoms with Gasteiger partial charge in [-0.3, -0.25) is 0 Å². The zero-order chi connectivity index (χ0) is 14.3. The van der Waals surface area contributed by atoms with E-state index in [0.29, 0.717) is 22.8 Å². The predicted molar refractivity (Wildman–Crippen MR) is 77.7 cm³/mol. The van der Waals surface area contributed by atoms with Crippen molar-refractivity contribution in [3.8, 4) is 0 Å². The molecule has 0 bridgehead atoms. The fourth-order valence-corrected chi connectivity index (χ4v) is 3.47. The molecule has 1 aliphatic carbocycles. The Morgan fingerprint density at radius 3 is 2.53 bits per heavy atom. The van der Waals surface area contributed by atoms with E-state index in [9.17, 15) is 8.42 Å². The third-order valence-electron chi connectivity index (χ3n) is 3.91. The van der Waals surface area contributed by atoms with E-state index in [4.69, 9.17) is 17.3 Å². The normalized spacial score (nSPS) is 17.4. The van der Waals surface area contributed by atoms with Gasteiger partial charge in [0.1, 0.15) is 0 Å². The maximum atomic E-state index is 12.2. The molecule has 3 N–H and O–H groups in total. The van der Waals surface area contributed by atoms with Crippen LogP contribution in [0, 0.1) is 12.3 Å². The first kappa shape index (κ1) is 14.6. The van der Waals surface area contributed by atoms with Gasteiger partial charge in [-0.05, 0) is 49.3 Å². The highest BCUT2D eigenvalue weighted by atomic mass is 35.5. The van der Waals surface area contributed by atoms with Gasteiger partial charge in [-0.1, -0.05) is 18.5 Å². The standard InChI is InChI=1S/C13H19ClN2O2S/c1-3-13(4-5-13)8-16-19(17,18)10-6-9(2)12(14)11(15)7-10/h6-7,16H,3-5,8,15H2,1-2H3. The predicted octanol–water partition coefficient (Wildman–Crippen LogP) is 2.70. The smallest absolute Gasteiger partial charge is 0.240 e. The van der Waals surface area contributed by atoms with Crippen molar-refractivity contribution in [1.82, 2.24) is 4.72 Å². The number of hydrogen-bond acceptors (Lipinski definition) is 3. The molecule has 106 valence electrons. The zero-order valence-corrected chi connectivity index (χ0v) is 12.7. The number of hydrogen-bond donors (Lipinski definition) is 2. The third kappa shape index (κ3) is 3.04. The SMILES string of the molecule is CCC1(CNS(=O)(=O)c2cc(C)c(Cl)c(N)c2)CC1. The largest absolute Gasteiger partial charge is 0.397 e. The molecule has 0 heterocycles. The van der Waals surface area contributed by atoms with Gasteiger partial charge >= 0.3 is 0 Å². The minimum atomic E-state index is -3.51. The average molecular weight is 303 g/mol. The summed E-state index contributed by atoms with van der Waals surface area (Å²) in [6, 6.07) is 2.95. The molecule has 1 aliphatic rings. The van der Waals surface area contributed by atoms with Crippen molar-refractivity contribution in [2.24, 2.45) is 5.41 Å². The maximum absolute atomic E-state index is 12.2. The monoisotopic (exact) mass is 302 g/mol. The molecule has 0 unspecified atom stereocenters. The molecule has 0 aliphatic heterocycles. The van der Waals surface area contributed by atoms with Gasteiger partial charge in [-0.15, -0.1) is 0 Å². The summed E-state index contributed by atoms with van der Waals surface area (Å²) < 4.78 is 27.1. The molecule has 2 rings (SSSR count). The molecule has 1 aromatic carbocycles. The molecule has 0 radical (unpaired) electrons. The number of rotatable bonds is 5. The summed E-state index contributed by atoms with van der Waals surface area (Å²) in [7, 11) is -3.51. The van der Waals surface area contributed by atoms with Crippen LogP contribution in [0.25, 0.3) is 0 Å².